The minimum atomic E-state index is -2.01. The fraction of sp³-hybridized carbons (Fsp3) is 0.958. The van der Waals surface area contributed by atoms with E-state index in [1.165, 1.54) is 51.4 Å². The summed E-state index contributed by atoms with van der Waals surface area (Å²) in [5.41, 5.74) is 3.65. The second-order valence-electron chi connectivity index (χ2n) is 23.8. The zero-order valence-electron chi connectivity index (χ0n) is 41.6. The fourth-order valence-electron chi connectivity index (χ4n) is 7.37. The van der Waals surface area contributed by atoms with E-state index in [4.69, 9.17) is 22.8 Å². The molecule has 2 heterocycles. The molecule has 9 heteroatoms. The molecule has 0 unspecified atom stereocenters. The summed E-state index contributed by atoms with van der Waals surface area (Å²) in [6, 6.07) is 0. The normalized spacial score (nSPS) is 23.4. The van der Waals surface area contributed by atoms with Crippen LogP contribution in [0.5, 0.6) is 0 Å². The molecule has 2 aliphatic heterocycles. The molecule has 0 radical (unpaired) electrons. The molecule has 0 aromatic heterocycles. The van der Waals surface area contributed by atoms with E-state index in [0.717, 1.165) is 57.8 Å². The lowest BCUT2D eigenvalue weighted by molar-refractivity contribution is -0.107. The van der Waals surface area contributed by atoms with Gasteiger partial charge in [-0.15, -0.1) is 5.54 Å². The van der Waals surface area contributed by atoms with E-state index in [1.807, 2.05) is 0 Å². The second-order valence-corrected chi connectivity index (χ2v) is 42.9. The van der Waals surface area contributed by atoms with Crippen molar-refractivity contribution in [3.63, 3.8) is 0 Å². The SMILES string of the molecule is CCCCCCCCCC[C@@H](O[Si](C)(C)C(C)(C)C)[C@H]1CC[C@@H]([C@H]2CC[C@H]([C@@H](CCCC[C@@H](C#C[Si](C)(C)C)O[Si](C)(C)C(C)(C)C)O[Si](C)(C)C(C)(C)C)O2)O1. The molecule has 0 amide bonds. The highest BCUT2D eigenvalue weighted by atomic mass is 28.4. The van der Waals surface area contributed by atoms with Gasteiger partial charge in [0.25, 0.3) is 0 Å². The third-order valence-corrected chi connectivity index (χ3v) is 28.7. The average molecular weight is 868 g/mol. The summed E-state index contributed by atoms with van der Waals surface area (Å²) < 4.78 is 35.5. The monoisotopic (exact) mass is 867 g/mol. The Bertz CT molecular complexity index is 1210. The van der Waals surface area contributed by atoms with Gasteiger partial charge in [-0.25, -0.2) is 0 Å². The average Bonchev–Trinajstić information content (AvgIpc) is 3.74. The van der Waals surface area contributed by atoms with Crippen molar-refractivity contribution in [1.82, 2.24) is 0 Å². The molecule has 2 saturated heterocycles. The molecule has 2 aliphatic rings. The third kappa shape index (κ3) is 18.2. The molecule has 2 rings (SSSR count). The molecule has 0 aliphatic carbocycles. The maximum Gasteiger partial charge on any atom is 0.193 e. The van der Waals surface area contributed by atoms with E-state index in [-0.39, 0.29) is 57.8 Å². The minimum Gasteiger partial charge on any atom is -0.411 e. The van der Waals surface area contributed by atoms with Crippen LogP contribution in [0.15, 0.2) is 0 Å². The summed E-state index contributed by atoms with van der Waals surface area (Å²) in [5.74, 6) is 3.64. The molecule has 57 heavy (non-hydrogen) atoms. The predicted octanol–water partition coefficient (Wildman–Crippen LogP) is 15.2. The van der Waals surface area contributed by atoms with E-state index < -0.39 is 33.0 Å². The van der Waals surface area contributed by atoms with Crippen LogP contribution in [-0.2, 0) is 22.8 Å². The predicted molar refractivity (Wildman–Crippen MR) is 259 cm³/mol. The van der Waals surface area contributed by atoms with Gasteiger partial charge < -0.3 is 22.8 Å². The molecular weight excluding hydrogens is 769 g/mol. The Morgan fingerprint density at radius 3 is 1.23 bits per heavy atom. The molecule has 7 atom stereocenters. The Balaban J connectivity index is 2.13. The standard InChI is InChI=1S/C48H98O5Si4/c1-20-21-22-23-24-25-26-27-31-44(52-56(16,17)47(5,6)7)42-35-33-40(49-42)41-34-36-43(50-41)45(53-57(18,19)48(8,9)10)32-29-28-30-39(37-38-54(11,12)13)51-55(14,15)46(2,3)4/h39-45H,20-36H2,1-19H3/t39-,40-,41+,42+,43+,44+,45+/m0/s1. The van der Waals surface area contributed by atoms with Gasteiger partial charge in [-0.2, -0.15) is 0 Å². The summed E-state index contributed by atoms with van der Waals surface area (Å²) in [7, 11) is -7.39. The molecule has 0 bridgehead atoms. The van der Waals surface area contributed by atoms with Crippen molar-refractivity contribution in [3.05, 3.63) is 0 Å². The summed E-state index contributed by atoms with van der Waals surface area (Å²) in [6.07, 6.45) is 21.2. The van der Waals surface area contributed by atoms with E-state index in [1.54, 1.807) is 0 Å². The van der Waals surface area contributed by atoms with Gasteiger partial charge in [-0.05, 0) is 106 Å². The van der Waals surface area contributed by atoms with Crippen molar-refractivity contribution >= 4 is 33.0 Å². The Kier molecular flexibility index (Phi) is 21.1. The Morgan fingerprint density at radius 2 is 0.842 bits per heavy atom. The minimum absolute atomic E-state index is 0.0111. The first kappa shape index (κ1) is 53.4. The Morgan fingerprint density at radius 1 is 0.491 bits per heavy atom. The summed E-state index contributed by atoms with van der Waals surface area (Å²) >= 11 is 0. The Labute approximate surface area is 360 Å². The lowest BCUT2D eigenvalue weighted by Gasteiger charge is -2.41. The van der Waals surface area contributed by atoms with Crippen molar-refractivity contribution in [1.29, 1.82) is 0 Å². The van der Waals surface area contributed by atoms with Crippen LogP contribution in [0.1, 0.15) is 178 Å². The summed E-state index contributed by atoms with van der Waals surface area (Å²) in [5, 5.41) is 0.497. The number of hydrogen-bond donors (Lipinski definition) is 0. The van der Waals surface area contributed by atoms with Crippen LogP contribution in [-0.4, -0.2) is 75.8 Å². The first-order valence-electron chi connectivity index (χ1n) is 23.9. The highest BCUT2D eigenvalue weighted by Crippen LogP contribution is 2.43. The van der Waals surface area contributed by atoms with Gasteiger partial charge in [0.1, 0.15) is 14.2 Å². The molecule has 0 N–H and O–H groups in total. The zero-order valence-corrected chi connectivity index (χ0v) is 45.6. The summed E-state index contributed by atoms with van der Waals surface area (Å²) in [6.45, 7) is 44.8. The molecule has 2 fully saturated rings. The van der Waals surface area contributed by atoms with Gasteiger partial charge in [0.15, 0.2) is 25.0 Å². The van der Waals surface area contributed by atoms with Crippen LogP contribution in [0.2, 0.25) is 74.0 Å². The number of hydrogen-bond acceptors (Lipinski definition) is 5. The molecule has 336 valence electrons. The van der Waals surface area contributed by atoms with Crippen molar-refractivity contribution in [2.45, 2.75) is 295 Å². The van der Waals surface area contributed by atoms with Gasteiger partial charge in [-0.3, -0.25) is 0 Å². The molecule has 5 nitrogen and oxygen atoms in total. The van der Waals surface area contributed by atoms with Gasteiger partial charge in [0.2, 0.25) is 0 Å². The van der Waals surface area contributed by atoms with Crippen LogP contribution in [0.25, 0.3) is 0 Å². The van der Waals surface area contributed by atoms with Crippen LogP contribution in [0.3, 0.4) is 0 Å². The van der Waals surface area contributed by atoms with Crippen molar-refractivity contribution in [2.75, 3.05) is 0 Å². The van der Waals surface area contributed by atoms with Crippen LogP contribution < -0.4 is 0 Å². The highest BCUT2D eigenvalue weighted by Gasteiger charge is 2.47. The van der Waals surface area contributed by atoms with Crippen molar-refractivity contribution in [2.24, 2.45) is 0 Å². The highest BCUT2D eigenvalue weighted by molar-refractivity contribution is 6.84. The van der Waals surface area contributed by atoms with E-state index >= 15 is 0 Å². The topological polar surface area (TPSA) is 46.2 Å². The van der Waals surface area contributed by atoms with Gasteiger partial charge in [0, 0.05) is 0 Å². The lowest BCUT2D eigenvalue weighted by atomic mass is 10.0. The first-order valence-corrected chi connectivity index (χ1v) is 36.1. The molecule has 0 saturated carbocycles. The number of rotatable bonds is 23. The van der Waals surface area contributed by atoms with Gasteiger partial charge in [-0.1, -0.05) is 153 Å². The van der Waals surface area contributed by atoms with Crippen LogP contribution in [0.4, 0.5) is 0 Å². The smallest absolute Gasteiger partial charge is 0.193 e. The maximum atomic E-state index is 7.27. The van der Waals surface area contributed by atoms with Gasteiger partial charge >= 0.3 is 0 Å². The van der Waals surface area contributed by atoms with Gasteiger partial charge in [0.05, 0.1) is 36.6 Å². The quantitative estimate of drug-likeness (QED) is 0.0582. The Hall–Kier alpha value is 0.228. The van der Waals surface area contributed by atoms with Crippen molar-refractivity contribution in [3.8, 4) is 11.5 Å². The molecule has 0 aromatic rings. The third-order valence-electron chi connectivity index (χ3n) is 14.3. The molecule has 0 spiro atoms. The number of ether oxygens (including phenoxy) is 2. The maximum absolute atomic E-state index is 7.27. The fourth-order valence-corrected chi connectivity index (χ4v) is 12.0. The van der Waals surface area contributed by atoms with E-state index in [9.17, 15) is 0 Å². The zero-order chi connectivity index (χ0) is 43.5. The molecular formula is C48H98O5Si4. The lowest BCUT2D eigenvalue weighted by Crippen LogP contribution is -2.47. The molecule has 0 aromatic carbocycles. The largest absolute Gasteiger partial charge is 0.411 e. The second kappa shape index (κ2) is 22.5. The van der Waals surface area contributed by atoms with Crippen molar-refractivity contribution < 1.29 is 22.8 Å². The summed E-state index contributed by atoms with van der Waals surface area (Å²) in [4.78, 5) is 0. The van der Waals surface area contributed by atoms with Crippen LogP contribution in [0, 0.1) is 11.5 Å². The van der Waals surface area contributed by atoms with E-state index in [2.05, 4.69) is 140 Å². The van der Waals surface area contributed by atoms with E-state index in [0.29, 0.717) is 0 Å². The van der Waals surface area contributed by atoms with Crippen LogP contribution >= 0.6 is 0 Å². The number of unbranched alkanes of at least 4 members (excludes halogenated alkanes) is 8. The first-order chi connectivity index (χ1) is 26.0.